The fourth-order valence-corrected chi connectivity index (χ4v) is 3.26. The van der Waals surface area contributed by atoms with Crippen molar-refractivity contribution in [2.24, 2.45) is 0 Å². The van der Waals surface area contributed by atoms with E-state index in [4.69, 9.17) is 9.47 Å². The molecule has 0 atom stereocenters. The van der Waals surface area contributed by atoms with Crippen LogP contribution < -0.4 is 20.1 Å². The summed E-state index contributed by atoms with van der Waals surface area (Å²) in [6.45, 7) is 0.582. The van der Waals surface area contributed by atoms with Crippen LogP contribution in [0.3, 0.4) is 0 Å². The fourth-order valence-electron chi connectivity index (χ4n) is 3.26. The number of carbonyl (C=O) groups is 4. The SMILES string of the molecule is O=C(CCN1C(=O)c2ccccc2C1=O)NCCNC(=O)c1ccc2c(c1)OCO2. The van der Waals surface area contributed by atoms with Crippen molar-refractivity contribution in [1.82, 2.24) is 15.5 Å². The highest BCUT2D eigenvalue weighted by Gasteiger charge is 2.34. The van der Waals surface area contributed by atoms with Crippen LogP contribution in [0.15, 0.2) is 42.5 Å². The lowest BCUT2D eigenvalue weighted by atomic mass is 10.1. The lowest BCUT2D eigenvalue weighted by Crippen LogP contribution is -2.37. The predicted octanol–water partition coefficient (Wildman–Crippen LogP) is 0.948. The second-order valence-electron chi connectivity index (χ2n) is 6.73. The summed E-state index contributed by atoms with van der Waals surface area (Å²) in [7, 11) is 0. The molecular weight excluding hydrogens is 390 g/mol. The number of benzene rings is 2. The van der Waals surface area contributed by atoms with E-state index >= 15 is 0 Å². The Morgan fingerprint density at radius 3 is 2.30 bits per heavy atom. The Balaban J connectivity index is 1.18. The minimum Gasteiger partial charge on any atom is -0.454 e. The molecule has 9 heteroatoms. The van der Waals surface area contributed by atoms with E-state index in [1.54, 1.807) is 42.5 Å². The average molecular weight is 409 g/mol. The van der Waals surface area contributed by atoms with Gasteiger partial charge in [-0.1, -0.05) is 12.1 Å². The average Bonchev–Trinajstić information content (AvgIpc) is 3.32. The first-order valence-electron chi connectivity index (χ1n) is 9.44. The van der Waals surface area contributed by atoms with Crippen LogP contribution in [0, 0.1) is 0 Å². The Kier molecular flexibility index (Phi) is 5.34. The van der Waals surface area contributed by atoms with E-state index in [-0.39, 0.29) is 56.5 Å². The molecule has 4 amide bonds. The first kappa shape index (κ1) is 19.4. The molecule has 30 heavy (non-hydrogen) atoms. The number of hydrogen-bond donors (Lipinski definition) is 2. The van der Waals surface area contributed by atoms with E-state index < -0.39 is 0 Å². The van der Waals surface area contributed by atoms with Gasteiger partial charge in [-0.15, -0.1) is 0 Å². The number of nitrogens with zero attached hydrogens (tertiary/aromatic N) is 1. The van der Waals surface area contributed by atoms with Gasteiger partial charge < -0.3 is 20.1 Å². The van der Waals surface area contributed by atoms with Crippen molar-refractivity contribution in [3.8, 4) is 11.5 Å². The molecule has 0 saturated carbocycles. The first-order chi connectivity index (χ1) is 14.5. The van der Waals surface area contributed by atoms with E-state index in [0.29, 0.717) is 28.2 Å². The normalized spacial score (nSPS) is 13.9. The van der Waals surface area contributed by atoms with Crippen LogP contribution in [0.1, 0.15) is 37.5 Å². The molecule has 0 aliphatic carbocycles. The molecule has 0 bridgehead atoms. The van der Waals surface area contributed by atoms with Gasteiger partial charge in [-0.25, -0.2) is 0 Å². The summed E-state index contributed by atoms with van der Waals surface area (Å²) in [5.74, 6) is -0.280. The number of carbonyl (C=O) groups excluding carboxylic acids is 4. The number of ether oxygens (including phenoxy) is 2. The molecule has 4 rings (SSSR count). The summed E-state index contributed by atoms with van der Waals surface area (Å²) in [4.78, 5) is 49.8. The molecule has 2 N–H and O–H groups in total. The summed E-state index contributed by atoms with van der Waals surface area (Å²) in [6, 6.07) is 11.5. The number of fused-ring (bicyclic) bond motifs is 2. The van der Waals surface area contributed by atoms with Crippen molar-refractivity contribution in [3.63, 3.8) is 0 Å². The van der Waals surface area contributed by atoms with Crippen molar-refractivity contribution in [3.05, 3.63) is 59.2 Å². The van der Waals surface area contributed by atoms with Crippen LogP contribution in [0.5, 0.6) is 11.5 Å². The van der Waals surface area contributed by atoms with E-state index in [1.165, 1.54) is 0 Å². The first-order valence-corrected chi connectivity index (χ1v) is 9.44. The van der Waals surface area contributed by atoms with Crippen molar-refractivity contribution in [2.75, 3.05) is 26.4 Å². The maximum atomic E-state index is 12.3. The van der Waals surface area contributed by atoms with Gasteiger partial charge in [0.25, 0.3) is 17.7 Å². The van der Waals surface area contributed by atoms with Gasteiger partial charge >= 0.3 is 0 Å². The zero-order valence-corrected chi connectivity index (χ0v) is 16.0. The predicted molar refractivity (Wildman–Crippen MR) is 104 cm³/mol. The third-order valence-electron chi connectivity index (χ3n) is 4.81. The summed E-state index contributed by atoms with van der Waals surface area (Å²) in [5, 5.41) is 5.36. The zero-order valence-electron chi connectivity index (χ0n) is 16.0. The van der Waals surface area contributed by atoms with Crippen LogP contribution in [0.4, 0.5) is 0 Å². The van der Waals surface area contributed by atoms with Crippen molar-refractivity contribution >= 4 is 23.6 Å². The van der Waals surface area contributed by atoms with Gasteiger partial charge in [0, 0.05) is 31.6 Å². The third-order valence-corrected chi connectivity index (χ3v) is 4.81. The van der Waals surface area contributed by atoms with Gasteiger partial charge in [-0.3, -0.25) is 24.1 Å². The molecule has 0 radical (unpaired) electrons. The summed E-state index contributed by atoms with van der Waals surface area (Å²) < 4.78 is 10.4. The van der Waals surface area contributed by atoms with Gasteiger partial charge in [-0.2, -0.15) is 0 Å². The van der Waals surface area contributed by atoms with Crippen molar-refractivity contribution < 1.29 is 28.7 Å². The molecule has 2 aliphatic rings. The Morgan fingerprint density at radius 2 is 1.57 bits per heavy atom. The highest BCUT2D eigenvalue weighted by molar-refractivity contribution is 6.21. The second kappa shape index (κ2) is 8.24. The van der Waals surface area contributed by atoms with Gasteiger partial charge in [-0.05, 0) is 30.3 Å². The Labute approximate surface area is 171 Å². The van der Waals surface area contributed by atoms with E-state index in [1.807, 2.05) is 0 Å². The molecule has 2 aliphatic heterocycles. The van der Waals surface area contributed by atoms with E-state index in [9.17, 15) is 19.2 Å². The number of imide groups is 1. The van der Waals surface area contributed by atoms with Crippen molar-refractivity contribution in [1.29, 1.82) is 0 Å². The minimum absolute atomic E-state index is 0.00172. The summed E-state index contributed by atoms with van der Waals surface area (Å²) in [5.41, 5.74) is 1.14. The molecule has 154 valence electrons. The highest BCUT2D eigenvalue weighted by Crippen LogP contribution is 2.32. The summed E-state index contributed by atoms with van der Waals surface area (Å²) in [6.07, 6.45) is -0.0123. The van der Waals surface area contributed by atoms with Gasteiger partial charge in [0.15, 0.2) is 11.5 Å². The number of nitrogens with one attached hydrogen (secondary N) is 2. The quantitative estimate of drug-likeness (QED) is 0.520. The molecular formula is C21H19N3O6. The lowest BCUT2D eigenvalue weighted by molar-refractivity contribution is -0.121. The Morgan fingerprint density at radius 1 is 0.900 bits per heavy atom. The third kappa shape index (κ3) is 3.82. The molecule has 0 fully saturated rings. The monoisotopic (exact) mass is 409 g/mol. The van der Waals surface area contributed by atoms with Crippen LogP contribution >= 0.6 is 0 Å². The Bertz CT molecular complexity index is 1000. The van der Waals surface area contributed by atoms with E-state index in [0.717, 1.165) is 4.90 Å². The van der Waals surface area contributed by atoms with Crippen LogP contribution in [0.2, 0.25) is 0 Å². The number of rotatable bonds is 7. The van der Waals surface area contributed by atoms with Crippen LogP contribution in [-0.2, 0) is 4.79 Å². The molecule has 2 aromatic carbocycles. The number of hydrogen-bond acceptors (Lipinski definition) is 6. The maximum Gasteiger partial charge on any atom is 0.261 e. The van der Waals surface area contributed by atoms with Crippen LogP contribution in [0.25, 0.3) is 0 Å². The largest absolute Gasteiger partial charge is 0.454 e. The van der Waals surface area contributed by atoms with Gasteiger partial charge in [0.2, 0.25) is 12.7 Å². The minimum atomic E-state index is -0.389. The smallest absolute Gasteiger partial charge is 0.261 e. The second-order valence-corrected chi connectivity index (χ2v) is 6.73. The maximum absolute atomic E-state index is 12.3. The van der Waals surface area contributed by atoms with Crippen LogP contribution in [-0.4, -0.2) is 55.0 Å². The molecule has 0 saturated heterocycles. The van der Waals surface area contributed by atoms with Gasteiger partial charge in [0.1, 0.15) is 0 Å². The molecule has 2 aromatic rings. The molecule has 2 heterocycles. The molecule has 0 spiro atoms. The zero-order chi connectivity index (χ0) is 21.1. The fraction of sp³-hybridized carbons (Fsp3) is 0.238. The molecule has 0 unspecified atom stereocenters. The van der Waals surface area contributed by atoms with E-state index in [2.05, 4.69) is 10.6 Å². The van der Waals surface area contributed by atoms with Crippen molar-refractivity contribution in [2.45, 2.75) is 6.42 Å². The standard InChI is InChI=1S/C21H19N3O6/c25-18(7-10-24-20(27)14-3-1-2-4-15(14)21(24)28)22-8-9-23-19(26)13-5-6-16-17(11-13)30-12-29-16/h1-6,11H,7-10,12H2,(H,22,25)(H,23,26). The van der Waals surface area contributed by atoms with Gasteiger partial charge in [0.05, 0.1) is 11.1 Å². The lowest BCUT2D eigenvalue weighted by Gasteiger charge is -2.13. The number of amides is 4. The summed E-state index contributed by atoms with van der Waals surface area (Å²) >= 11 is 0. The molecule has 0 aromatic heterocycles. The molecule has 9 nitrogen and oxygen atoms in total. The topological polar surface area (TPSA) is 114 Å². The Hall–Kier alpha value is -3.88. The highest BCUT2D eigenvalue weighted by atomic mass is 16.7.